The minimum Gasteiger partial charge on any atom is -0.378 e. The number of benzene rings is 2. The van der Waals surface area contributed by atoms with Crippen LogP contribution in [0.25, 0.3) is 0 Å². The van der Waals surface area contributed by atoms with Gasteiger partial charge in [0, 0.05) is 25.3 Å². The van der Waals surface area contributed by atoms with Crippen LogP contribution in [0.3, 0.4) is 0 Å². The lowest BCUT2D eigenvalue weighted by molar-refractivity contribution is -0.122. The van der Waals surface area contributed by atoms with Crippen molar-refractivity contribution in [3.05, 3.63) is 65.2 Å². The van der Waals surface area contributed by atoms with Gasteiger partial charge in [-0.05, 0) is 24.1 Å². The molecule has 1 heterocycles. The molecule has 2 aromatic carbocycles. The maximum absolute atomic E-state index is 12.4. The summed E-state index contributed by atoms with van der Waals surface area (Å²) in [6, 6.07) is 15.2. The highest BCUT2D eigenvalue weighted by molar-refractivity contribution is 5.83. The van der Waals surface area contributed by atoms with Gasteiger partial charge in [0.05, 0.1) is 13.2 Å². The van der Waals surface area contributed by atoms with E-state index in [9.17, 15) is 4.79 Å². The Balaban J connectivity index is 1.65. The Hall–Kier alpha value is -2.37. The third-order valence-corrected chi connectivity index (χ3v) is 4.52. The fraction of sp³-hybridized carbons (Fsp3) is 0.350. The van der Waals surface area contributed by atoms with Gasteiger partial charge in [-0.2, -0.15) is 0 Å². The van der Waals surface area contributed by atoms with Gasteiger partial charge in [0.25, 0.3) is 0 Å². The largest absolute Gasteiger partial charge is 0.378 e. The molecule has 0 bridgehead atoms. The van der Waals surface area contributed by atoms with E-state index in [-0.39, 0.29) is 5.91 Å². The number of amides is 1. The molecule has 1 aliphatic rings. The molecular formula is C20H25N3O2. The first-order valence-corrected chi connectivity index (χ1v) is 8.65. The Morgan fingerprint density at radius 3 is 2.56 bits per heavy atom. The van der Waals surface area contributed by atoms with Crippen molar-refractivity contribution in [3.8, 4) is 0 Å². The van der Waals surface area contributed by atoms with Crippen LogP contribution in [-0.4, -0.2) is 32.2 Å². The molecule has 0 aliphatic carbocycles. The van der Waals surface area contributed by atoms with Gasteiger partial charge >= 0.3 is 0 Å². The Labute approximate surface area is 148 Å². The minimum absolute atomic E-state index is 0.166. The van der Waals surface area contributed by atoms with Gasteiger partial charge in [-0.25, -0.2) is 0 Å². The van der Waals surface area contributed by atoms with Crippen LogP contribution in [0.15, 0.2) is 48.5 Å². The number of carbonyl (C=O) groups is 1. The van der Waals surface area contributed by atoms with Gasteiger partial charge < -0.3 is 20.7 Å². The fourth-order valence-electron chi connectivity index (χ4n) is 2.99. The monoisotopic (exact) mass is 339 g/mol. The lowest BCUT2D eigenvalue weighted by Gasteiger charge is -2.30. The van der Waals surface area contributed by atoms with Crippen molar-refractivity contribution in [1.29, 1.82) is 0 Å². The predicted octanol–water partition coefficient (Wildman–Crippen LogP) is 2.15. The van der Waals surface area contributed by atoms with E-state index in [0.29, 0.717) is 6.54 Å². The zero-order valence-corrected chi connectivity index (χ0v) is 14.6. The molecule has 1 amide bonds. The summed E-state index contributed by atoms with van der Waals surface area (Å²) in [5, 5.41) is 2.97. The van der Waals surface area contributed by atoms with Crippen LogP contribution in [0.2, 0.25) is 0 Å². The van der Waals surface area contributed by atoms with Crippen molar-refractivity contribution in [3.63, 3.8) is 0 Å². The lowest BCUT2D eigenvalue weighted by Crippen LogP contribution is -2.38. The lowest BCUT2D eigenvalue weighted by atomic mass is 10.1. The standard InChI is InChI=1S/C20H25N3O2/c1-15-6-8-16(9-7-15)19(21)20(24)22-14-17-4-2-3-5-18(17)23-10-12-25-13-11-23/h2-9,19H,10-14,21H2,1H3,(H,22,24). The highest BCUT2D eigenvalue weighted by Gasteiger charge is 2.18. The molecule has 132 valence electrons. The quantitative estimate of drug-likeness (QED) is 0.876. The molecule has 1 saturated heterocycles. The molecule has 1 aliphatic heterocycles. The molecule has 1 atom stereocenters. The van der Waals surface area contributed by atoms with Gasteiger partial charge in [0.2, 0.25) is 5.91 Å². The number of nitrogens with zero attached hydrogens (tertiary/aromatic N) is 1. The molecule has 3 rings (SSSR count). The first-order chi connectivity index (χ1) is 12.1. The van der Waals surface area contributed by atoms with Gasteiger partial charge in [-0.1, -0.05) is 48.0 Å². The smallest absolute Gasteiger partial charge is 0.241 e. The molecule has 2 aromatic rings. The van der Waals surface area contributed by atoms with Crippen molar-refractivity contribution in [2.45, 2.75) is 19.5 Å². The van der Waals surface area contributed by atoms with Gasteiger partial charge in [0.1, 0.15) is 6.04 Å². The van der Waals surface area contributed by atoms with Crippen molar-refractivity contribution >= 4 is 11.6 Å². The van der Waals surface area contributed by atoms with Crippen LogP contribution in [0, 0.1) is 6.92 Å². The van der Waals surface area contributed by atoms with Crippen molar-refractivity contribution in [2.24, 2.45) is 5.73 Å². The number of anilines is 1. The summed E-state index contributed by atoms with van der Waals surface area (Å²) in [5.74, 6) is -0.166. The number of nitrogens with two attached hydrogens (primary N) is 1. The Bertz CT molecular complexity index is 709. The zero-order chi connectivity index (χ0) is 17.6. The number of hydrogen-bond acceptors (Lipinski definition) is 4. The third kappa shape index (κ3) is 4.38. The van der Waals surface area contributed by atoms with Crippen molar-refractivity contribution < 1.29 is 9.53 Å². The number of aryl methyl sites for hydroxylation is 1. The summed E-state index contributed by atoms with van der Waals surface area (Å²) in [7, 11) is 0. The molecule has 25 heavy (non-hydrogen) atoms. The number of nitrogens with one attached hydrogen (secondary N) is 1. The molecule has 0 saturated carbocycles. The molecule has 0 radical (unpaired) electrons. The first kappa shape index (κ1) is 17.5. The van der Waals surface area contributed by atoms with Gasteiger partial charge in [0.15, 0.2) is 0 Å². The summed E-state index contributed by atoms with van der Waals surface area (Å²) in [5.41, 5.74) is 10.3. The number of carbonyl (C=O) groups excluding carboxylic acids is 1. The van der Waals surface area contributed by atoms with Crippen molar-refractivity contribution in [2.75, 3.05) is 31.2 Å². The second-order valence-electron chi connectivity index (χ2n) is 6.33. The molecule has 5 heteroatoms. The van der Waals surface area contributed by atoms with Crippen LogP contribution in [0.5, 0.6) is 0 Å². The van der Waals surface area contributed by atoms with Gasteiger partial charge in [-0.3, -0.25) is 4.79 Å². The molecule has 0 aromatic heterocycles. The summed E-state index contributed by atoms with van der Waals surface area (Å²) < 4.78 is 5.42. The van der Waals surface area contributed by atoms with Crippen LogP contribution in [-0.2, 0) is 16.1 Å². The molecule has 3 N–H and O–H groups in total. The maximum atomic E-state index is 12.4. The van der Waals surface area contributed by atoms with Gasteiger partial charge in [-0.15, -0.1) is 0 Å². The van der Waals surface area contributed by atoms with Crippen molar-refractivity contribution in [1.82, 2.24) is 5.32 Å². The Morgan fingerprint density at radius 2 is 1.84 bits per heavy atom. The van der Waals surface area contributed by atoms with Crippen LogP contribution in [0.4, 0.5) is 5.69 Å². The van der Waals surface area contributed by atoms with E-state index in [2.05, 4.69) is 16.3 Å². The topological polar surface area (TPSA) is 67.6 Å². The van der Waals surface area contributed by atoms with Crippen LogP contribution < -0.4 is 16.0 Å². The Kier molecular flexibility index (Phi) is 5.68. The number of ether oxygens (including phenoxy) is 1. The second-order valence-corrected chi connectivity index (χ2v) is 6.33. The molecular weight excluding hydrogens is 314 g/mol. The highest BCUT2D eigenvalue weighted by atomic mass is 16.5. The number of rotatable bonds is 5. The summed E-state index contributed by atoms with van der Waals surface area (Å²) in [6.45, 7) is 5.68. The number of morpholine rings is 1. The normalized spacial score (nSPS) is 15.7. The highest BCUT2D eigenvalue weighted by Crippen LogP contribution is 2.21. The minimum atomic E-state index is -0.656. The SMILES string of the molecule is Cc1ccc(C(N)C(=O)NCc2ccccc2N2CCOCC2)cc1. The second kappa shape index (κ2) is 8.14. The number of hydrogen-bond donors (Lipinski definition) is 2. The molecule has 1 fully saturated rings. The van der Waals surface area contributed by atoms with E-state index in [0.717, 1.165) is 48.7 Å². The average Bonchev–Trinajstić information content (AvgIpc) is 2.67. The average molecular weight is 339 g/mol. The van der Waals surface area contributed by atoms with E-state index >= 15 is 0 Å². The predicted molar refractivity (Wildman–Crippen MR) is 99.4 cm³/mol. The molecule has 5 nitrogen and oxygen atoms in total. The first-order valence-electron chi connectivity index (χ1n) is 8.65. The van der Waals surface area contributed by atoms with E-state index in [1.807, 2.05) is 49.4 Å². The summed E-state index contributed by atoms with van der Waals surface area (Å²) >= 11 is 0. The maximum Gasteiger partial charge on any atom is 0.241 e. The Morgan fingerprint density at radius 1 is 1.16 bits per heavy atom. The van der Waals surface area contributed by atoms with E-state index < -0.39 is 6.04 Å². The fourth-order valence-corrected chi connectivity index (χ4v) is 2.99. The van der Waals surface area contributed by atoms with Crippen LogP contribution in [0.1, 0.15) is 22.7 Å². The van der Waals surface area contributed by atoms with E-state index in [1.165, 1.54) is 0 Å². The molecule has 1 unspecified atom stereocenters. The summed E-state index contributed by atoms with van der Waals surface area (Å²) in [4.78, 5) is 14.7. The van der Waals surface area contributed by atoms with Crippen LogP contribution >= 0.6 is 0 Å². The third-order valence-electron chi connectivity index (χ3n) is 4.52. The summed E-state index contributed by atoms with van der Waals surface area (Å²) in [6.07, 6.45) is 0. The number of para-hydroxylation sites is 1. The zero-order valence-electron chi connectivity index (χ0n) is 14.6. The van der Waals surface area contributed by atoms with E-state index in [4.69, 9.17) is 10.5 Å². The van der Waals surface area contributed by atoms with E-state index in [1.54, 1.807) is 0 Å². The molecule has 0 spiro atoms.